The Hall–Kier alpha value is -3.16. The molecule has 7 nitrogen and oxygen atoms in total. The average Bonchev–Trinajstić information content (AvgIpc) is 2.51. The predicted molar refractivity (Wildman–Crippen MR) is 79.9 cm³/mol. The summed E-state index contributed by atoms with van der Waals surface area (Å²) in [6.07, 6.45) is 1.15. The first-order valence-corrected chi connectivity index (χ1v) is 6.43. The molecule has 0 saturated heterocycles. The number of carbonyl (C=O) groups excluding carboxylic acids is 2. The van der Waals surface area contributed by atoms with Crippen molar-refractivity contribution in [2.75, 3.05) is 18.4 Å². The van der Waals surface area contributed by atoms with Crippen molar-refractivity contribution in [2.24, 2.45) is 5.73 Å². The fourth-order valence-electron chi connectivity index (χ4n) is 1.63. The maximum Gasteiger partial charge on any atom is 0.267 e. The highest BCUT2D eigenvalue weighted by atomic mass is 16.2. The van der Waals surface area contributed by atoms with Crippen LogP contribution in [0.15, 0.2) is 36.0 Å². The molecule has 22 heavy (non-hydrogen) atoms. The Morgan fingerprint density at radius 2 is 2.05 bits per heavy atom. The van der Waals surface area contributed by atoms with Crippen LogP contribution in [0.2, 0.25) is 0 Å². The van der Waals surface area contributed by atoms with Crippen LogP contribution in [0.4, 0.5) is 5.69 Å². The number of para-hydroxylation sites is 1. The minimum absolute atomic E-state index is 0.197. The number of hydrogen-bond acceptors (Lipinski definition) is 5. The predicted octanol–water partition coefficient (Wildman–Crippen LogP) is 0.711. The lowest BCUT2D eigenvalue weighted by Gasteiger charge is -2.15. The number of nitrogens with two attached hydrogens (primary N) is 1. The first-order chi connectivity index (χ1) is 10.5. The average molecular weight is 297 g/mol. The summed E-state index contributed by atoms with van der Waals surface area (Å²) in [4.78, 5) is 24.7. The fourth-order valence-corrected chi connectivity index (χ4v) is 1.63. The van der Waals surface area contributed by atoms with Crippen molar-refractivity contribution in [3.8, 4) is 12.1 Å². The van der Waals surface area contributed by atoms with Crippen LogP contribution in [0.1, 0.15) is 12.5 Å². The van der Waals surface area contributed by atoms with Crippen LogP contribution in [0.3, 0.4) is 0 Å². The molecule has 1 aromatic carbocycles. The standard InChI is InChI=1S/C15H15N5O2/c1-11(21)20(7-6-16)10-13(9-18)15(22)19-14-5-3-2-4-12(14)8-17/h2-5,10H,6-7,16H2,1H3,(H,19,22)/b13-10-. The Bertz CT molecular complexity index is 682. The van der Waals surface area contributed by atoms with Crippen molar-refractivity contribution in [1.29, 1.82) is 10.5 Å². The van der Waals surface area contributed by atoms with E-state index < -0.39 is 5.91 Å². The highest BCUT2D eigenvalue weighted by Crippen LogP contribution is 2.14. The third-order valence-corrected chi connectivity index (χ3v) is 2.72. The molecule has 7 heteroatoms. The van der Waals surface area contributed by atoms with Gasteiger partial charge in [0.2, 0.25) is 5.91 Å². The molecule has 0 fully saturated rings. The van der Waals surface area contributed by atoms with Gasteiger partial charge < -0.3 is 16.0 Å². The van der Waals surface area contributed by atoms with Crippen molar-refractivity contribution in [1.82, 2.24) is 4.90 Å². The molecule has 0 atom stereocenters. The molecule has 0 aliphatic heterocycles. The second-order valence-electron chi connectivity index (χ2n) is 4.27. The number of benzene rings is 1. The van der Waals surface area contributed by atoms with Crippen LogP contribution in [-0.2, 0) is 9.59 Å². The van der Waals surface area contributed by atoms with Gasteiger partial charge >= 0.3 is 0 Å². The second kappa shape index (κ2) is 8.20. The number of amides is 2. The van der Waals surface area contributed by atoms with E-state index in [9.17, 15) is 9.59 Å². The van der Waals surface area contributed by atoms with Crippen LogP contribution in [0, 0.1) is 22.7 Å². The van der Waals surface area contributed by atoms with Crippen molar-refractivity contribution in [3.63, 3.8) is 0 Å². The van der Waals surface area contributed by atoms with Crippen LogP contribution < -0.4 is 11.1 Å². The summed E-state index contributed by atoms with van der Waals surface area (Å²) in [5.41, 5.74) is 5.70. The van der Waals surface area contributed by atoms with E-state index in [-0.39, 0.29) is 30.1 Å². The van der Waals surface area contributed by atoms with E-state index in [4.69, 9.17) is 16.3 Å². The van der Waals surface area contributed by atoms with E-state index in [1.54, 1.807) is 30.3 Å². The molecule has 0 bridgehead atoms. The first kappa shape index (κ1) is 16.9. The summed E-state index contributed by atoms with van der Waals surface area (Å²) in [6, 6.07) is 10.1. The van der Waals surface area contributed by atoms with E-state index in [1.807, 2.05) is 6.07 Å². The minimum Gasteiger partial charge on any atom is -0.329 e. The Labute approximate surface area is 128 Å². The molecule has 0 heterocycles. The molecule has 0 spiro atoms. The van der Waals surface area contributed by atoms with Gasteiger partial charge in [-0.1, -0.05) is 12.1 Å². The van der Waals surface area contributed by atoms with Gasteiger partial charge in [0.25, 0.3) is 5.91 Å². The summed E-state index contributed by atoms with van der Waals surface area (Å²) in [5, 5.41) is 20.5. The van der Waals surface area contributed by atoms with E-state index in [0.29, 0.717) is 5.69 Å². The number of carbonyl (C=O) groups is 2. The van der Waals surface area contributed by atoms with Crippen LogP contribution in [-0.4, -0.2) is 29.8 Å². The maximum absolute atomic E-state index is 12.1. The number of rotatable bonds is 5. The first-order valence-electron chi connectivity index (χ1n) is 6.43. The molecule has 1 rings (SSSR count). The van der Waals surface area contributed by atoms with Crippen molar-refractivity contribution < 1.29 is 9.59 Å². The summed E-state index contributed by atoms with van der Waals surface area (Å²) >= 11 is 0. The molecular formula is C15H15N5O2. The maximum atomic E-state index is 12.1. The van der Waals surface area contributed by atoms with Gasteiger partial charge in [0.15, 0.2) is 0 Å². The van der Waals surface area contributed by atoms with Gasteiger partial charge in [-0.3, -0.25) is 9.59 Å². The Balaban J connectivity index is 3.01. The van der Waals surface area contributed by atoms with Crippen molar-refractivity contribution >= 4 is 17.5 Å². The molecule has 112 valence electrons. The number of nitriles is 2. The Morgan fingerprint density at radius 1 is 1.36 bits per heavy atom. The van der Waals surface area contributed by atoms with Crippen LogP contribution in [0.5, 0.6) is 0 Å². The molecular weight excluding hydrogens is 282 g/mol. The van der Waals surface area contributed by atoms with Gasteiger partial charge in [-0.2, -0.15) is 10.5 Å². The largest absolute Gasteiger partial charge is 0.329 e. The van der Waals surface area contributed by atoms with Gasteiger partial charge in [0, 0.05) is 26.2 Å². The SMILES string of the molecule is CC(=O)N(/C=C(/C#N)C(=O)Nc1ccccc1C#N)CCN. The van der Waals surface area contributed by atoms with Crippen LogP contribution in [0.25, 0.3) is 0 Å². The molecule has 0 saturated carbocycles. The normalized spacial score (nSPS) is 10.3. The van der Waals surface area contributed by atoms with Gasteiger partial charge in [0.1, 0.15) is 17.7 Å². The highest BCUT2D eigenvalue weighted by Gasteiger charge is 2.14. The zero-order valence-corrected chi connectivity index (χ0v) is 12.0. The number of nitrogens with zero attached hydrogens (tertiary/aromatic N) is 3. The third kappa shape index (κ3) is 4.44. The van der Waals surface area contributed by atoms with Gasteiger partial charge in [-0.05, 0) is 12.1 Å². The van der Waals surface area contributed by atoms with Gasteiger partial charge in [0.05, 0.1) is 11.3 Å². The summed E-state index contributed by atoms with van der Waals surface area (Å²) in [6.45, 7) is 1.71. The summed E-state index contributed by atoms with van der Waals surface area (Å²) in [7, 11) is 0. The zero-order valence-electron chi connectivity index (χ0n) is 12.0. The van der Waals surface area contributed by atoms with Crippen molar-refractivity contribution in [3.05, 3.63) is 41.6 Å². The van der Waals surface area contributed by atoms with E-state index in [2.05, 4.69) is 5.32 Å². The second-order valence-corrected chi connectivity index (χ2v) is 4.27. The van der Waals surface area contributed by atoms with Crippen LogP contribution >= 0.6 is 0 Å². The smallest absolute Gasteiger partial charge is 0.267 e. The third-order valence-electron chi connectivity index (χ3n) is 2.72. The molecule has 0 aliphatic rings. The molecule has 0 radical (unpaired) electrons. The monoisotopic (exact) mass is 297 g/mol. The molecule has 2 amide bonds. The minimum atomic E-state index is -0.700. The Kier molecular flexibility index (Phi) is 6.30. The lowest BCUT2D eigenvalue weighted by Crippen LogP contribution is -2.30. The van der Waals surface area contributed by atoms with E-state index in [1.165, 1.54) is 11.8 Å². The molecule has 3 N–H and O–H groups in total. The van der Waals surface area contributed by atoms with Crippen molar-refractivity contribution in [2.45, 2.75) is 6.92 Å². The lowest BCUT2D eigenvalue weighted by atomic mass is 10.2. The number of hydrogen-bond donors (Lipinski definition) is 2. The molecule has 0 aliphatic carbocycles. The molecule has 1 aromatic rings. The summed E-state index contributed by atoms with van der Waals surface area (Å²) < 4.78 is 0. The summed E-state index contributed by atoms with van der Waals surface area (Å²) in [5.74, 6) is -1.03. The zero-order chi connectivity index (χ0) is 16.5. The highest BCUT2D eigenvalue weighted by molar-refractivity contribution is 6.07. The topological polar surface area (TPSA) is 123 Å². The van der Waals surface area contributed by atoms with E-state index in [0.717, 1.165) is 6.20 Å². The number of nitrogens with one attached hydrogen (secondary N) is 1. The lowest BCUT2D eigenvalue weighted by molar-refractivity contribution is -0.126. The van der Waals surface area contributed by atoms with Gasteiger partial charge in [-0.15, -0.1) is 0 Å². The quantitative estimate of drug-likeness (QED) is 0.612. The van der Waals surface area contributed by atoms with E-state index >= 15 is 0 Å². The molecule has 0 aromatic heterocycles. The fraction of sp³-hybridized carbons (Fsp3) is 0.200. The number of anilines is 1. The molecule has 0 unspecified atom stereocenters. The van der Waals surface area contributed by atoms with Gasteiger partial charge in [-0.25, -0.2) is 0 Å². The Morgan fingerprint density at radius 3 is 2.59 bits per heavy atom.